The van der Waals surface area contributed by atoms with E-state index < -0.39 is 28.8 Å². The van der Waals surface area contributed by atoms with E-state index in [9.17, 15) is 22.2 Å². The van der Waals surface area contributed by atoms with Crippen molar-refractivity contribution in [1.29, 1.82) is 0 Å². The number of fused-ring (bicyclic) bond motifs is 1. The lowest BCUT2D eigenvalue weighted by atomic mass is 10.2. The summed E-state index contributed by atoms with van der Waals surface area (Å²) in [5.41, 5.74) is 0.589. The minimum atomic E-state index is -4.52. The molecule has 0 bridgehead atoms. The first-order valence-electron chi connectivity index (χ1n) is 9.14. The summed E-state index contributed by atoms with van der Waals surface area (Å²) in [7, 11) is -0.355. The van der Waals surface area contributed by atoms with Crippen LogP contribution in [0.15, 0.2) is 46.7 Å². The number of nitrogens with one attached hydrogen (secondary N) is 1. The van der Waals surface area contributed by atoms with Crippen LogP contribution in [0.2, 0.25) is 0 Å². The van der Waals surface area contributed by atoms with Crippen LogP contribution in [0.3, 0.4) is 0 Å². The number of carbonyl (C=O) groups excluding carboxylic acids is 1. The van der Waals surface area contributed by atoms with Gasteiger partial charge in [0.25, 0.3) is 0 Å². The maximum atomic E-state index is 13.3. The second kappa shape index (κ2) is 8.43. The van der Waals surface area contributed by atoms with Crippen LogP contribution in [0.1, 0.15) is 11.4 Å². The number of benzene rings is 1. The molecule has 1 unspecified atom stereocenters. The molecule has 0 aliphatic heterocycles. The van der Waals surface area contributed by atoms with Crippen molar-refractivity contribution in [2.24, 2.45) is 0 Å². The fourth-order valence-electron chi connectivity index (χ4n) is 3.05. The van der Waals surface area contributed by atoms with E-state index in [0.717, 1.165) is 28.5 Å². The molecule has 4 aromatic rings. The molecule has 0 spiro atoms. The minimum Gasteiger partial charge on any atom is -0.482 e. The van der Waals surface area contributed by atoms with Crippen molar-refractivity contribution in [1.82, 2.24) is 14.2 Å². The number of aromatic amines is 1. The molecular formula is C20H16F3N3O4S2. The third-order valence-corrected chi connectivity index (χ3v) is 7.42. The summed E-state index contributed by atoms with van der Waals surface area (Å²) in [5, 5.41) is 6.46. The second-order valence-corrected chi connectivity index (χ2v) is 9.34. The Morgan fingerprint density at radius 1 is 1.22 bits per heavy atom. The Bertz CT molecular complexity index is 1320. The number of alkyl halides is 3. The fourth-order valence-corrected chi connectivity index (χ4v) is 5.55. The Morgan fingerprint density at radius 3 is 2.69 bits per heavy atom. The highest BCUT2D eigenvalue weighted by molar-refractivity contribution is 7.86. The number of aryl methyl sites for hydroxylation is 1. The first-order valence-corrected chi connectivity index (χ1v) is 11.1. The molecule has 0 saturated carbocycles. The number of hydrogen-bond acceptors (Lipinski definition) is 6. The number of nitrogens with zero attached hydrogens (tertiary/aromatic N) is 2. The van der Waals surface area contributed by atoms with Crippen molar-refractivity contribution < 1.29 is 31.6 Å². The SMILES string of the molecule is COC(=O)COc1ccc2c(c1)cc(C)n2S(=O)c1ccc(-c2cc(C(F)(F)F)[nH]n2)s1. The first kappa shape index (κ1) is 22.1. The highest BCUT2D eigenvalue weighted by atomic mass is 32.2. The van der Waals surface area contributed by atoms with Gasteiger partial charge in [-0.05, 0) is 49.4 Å². The van der Waals surface area contributed by atoms with E-state index in [1.807, 2.05) is 11.2 Å². The zero-order valence-electron chi connectivity index (χ0n) is 16.7. The van der Waals surface area contributed by atoms with E-state index in [-0.39, 0.29) is 12.3 Å². The van der Waals surface area contributed by atoms with Crippen LogP contribution in [0, 0.1) is 6.92 Å². The third kappa shape index (κ3) is 4.28. The van der Waals surface area contributed by atoms with Crippen LogP contribution in [-0.4, -0.2) is 38.1 Å². The zero-order valence-corrected chi connectivity index (χ0v) is 18.4. The highest BCUT2D eigenvalue weighted by Crippen LogP contribution is 2.35. The molecule has 1 aromatic carbocycles. The molecule has 1 atom stereocenters. The summed E-state index contributed by atoms with van der Waals surface area (Å²) >= 11 is 1.10. The molecule has 168 valence electrons. The monoisotopic (exact) mass is 483 g/mol. The smallest absolute Gasteiger partial charge is 0.432 e. The predicted octanol–water partition coefficient (Wildman–Crippen LogP) is 4.54. The van der Waals surface area contributed by atoms with E-state index in [1.165, 1.54) is 7.11 Å². The molecule has 1 N–H and O–H groups in total. The molecule has 7 nitrogen and oxygen atoms in total. The van der Waals surface area contributed by atoms with Gasteiger partial charge < -0.3 is 9.47 Å². The van der Waals surface area contributed by atoms with Gasteiger partial charge in [-0.3, -0.25) is 9.07 Å². The Hall–Kier alpha value is -3.12. The molecule has 0 amide bonds. The van der Waals surface area contributed by atoms with Crippen LogP contribution in [-0.2, 0) is 26.7 Å². The Balaban J connectivity index is 1.61. The van der Waals surface area contributed by atoms with Gasteiger partial charge in [-0.1, -0.05) is 0 Å². The van der Waals surface area contributed by atoms with E-state index in [0.29, 0.717) is 20.4 Å². The number of hydrogen-bond donors (Lipinski definition) is 1. The largest absolute Gasteiger partial charge is 0.482 e. The van der Waals surface area contributed by atoms with Gasteiger partial charge in [0.05, 0.1) is 17.5 Å². The summed E-state index contributed by atoms with van der Waals surface area (Å²) in [6.07, 6.45) is -4.52. The Morgan fingerprint density at radius 2 is 2.00 bits per heavy atom. The Kier molecular flexibility index (Phi) is 5.82. The molecule has 0 aliphatic rings. The van der Waals surface area contributed by atoms with Crippen molar-refractivity contribution in [2.75, 3.05) is 13.7 Å². The zero-order chi connectivity index (χ0) is 23.0. The number of thiophene rings is 1. The standard InChI is InChI=1S/C20H16F3N3O4S2/c1-11-7-12-8-13(30-10-18(27)29-2)3-4-15(12)26(11)32(28)19-6-5-16(31-19)14-9-17(25-24-14)20(21,22)23/h3-9H,10H2,1-2H3,(H,24,25). The van der Waals surface area contributed by atoms with Crippen LogP contribution in [0.25, 0.3) is 21.5 Å². The normalized spacial score (nSPS) is 12.8. The maximum Gasteiger partial charge on any atom is 0.432 e. The van der Waals surface area contributed by atoms with Crippen molar-refractivity contribution >= 4 is 39.2 Å². The minimum absolute atomic E-state index is 0.132. The first-order chi connectivity index (χ1) is 15.2. The van der Waals surface area contributed by atoms with Crippen LogP contribution < -0.4 is 4.74 Å². The van der Waals surface area contributed by atoms with Gasteiger partial charge in [-0.25, -0.2) is 9.00 Å². The number of carbonyl (C=O) groups is 1. The van der Waals surface area contributed by atoms with Gasteiger partial charge in [0.1, 0.15) is 21.3 Å². The molecule has 0 saturated heterocycles. The highest BCUT2D eigenvalue weighted by Gasteiger charge is 2.33. The number of rotatable bonds is 6. The van der Waals surface area contributed by atoms with Crippen LogP contribution >= 0.6 is 11.3 Å². The topological polar surface area (TPSA) is 86.2 Å². The van der Waals surface area contributed by atoms with E-state index in [2.05, 4.69) is 9.84 Å². The average molecular weight is 483 g/mol. The van der Waals surface area contributed by atoms with E-state index >= 15 is 0 Å². The third-order valence-electron chi connectivity index (χ3n) is 4.54. The molecule has 3 aromatic heterocycles. The number of ether oxygens (including phenoxy) is 2. The van der Waals surface area contributed by atoms with Gasteiger partial charge in [0.15, 0.2) is 17.6 Å². The molecule has 32 heavy (non-hydrogen) atoms. The number of esters is 1. The summed E-state index contributed by atoms with van der Waals surface area (Å²) in [4.78, 5) is 11.7. The van der Waals surface area contributed by atoms with Crippen molar-refractivity contribution in [3.8, 4) is 16.3 Å². The quantitative estimate of drug-likeness (QED) is 0.407. The molecule has 0 fully saturated rings. The lowest BCUT2D eigenvalue weighted by Gasteiger charge is -2.07. The lowest BCUT2D eigenvalue weighted by Crippen LogP contribution is -2.12. The van der Waals surface area contributed by atoms with Crippen molar-refractivity contribution in [2.45, 2.75) is 17.3 Å². The molecule has 12 heteroatoms. The molecular weight excluding hydrogens is 467 g/mol. The van der Waals surface area contributed by atoms with Gasteiger partial charge >= 0.3 is 12.1 Å². The summed E-state index contributed by atoms with van der Waals surface area (Å²) < 4.78 is 63.7. The number of halogens is 3. The number of methoxy groups -OCH3 is 1. The van der Waals surface area contributed by atoms with Crippen LogP contribution in [0.4, 0.5) is 13.2 Å². The Labute approximate surface area is 186 Å². The van der Waals surface area contributed by atoms with Gasteiger partial charge in [-0.15, -0.1) is 11.3 Å². The van der Waals surface area contributed by atoms with Gasteiger partial charge in [0.2, 0.25) is 0 Å². The molecule has 4 rings (SSSR count). The van der Waals surface area contributed by atoms with Gasteiger partial charge in [-0.2, -0.15) is 18.3 Å². The summed E-state index contributed by atoms with van der Waals surface area (Å²) in [6, 6.07) is 11.1. The number of H-pyrrole nitrogens is 1. The number of aromatic nitrogens is 3. The molecule has 0 aliphatic carbocycles. The fraction of sp³-hybridized carbons (Fsp3) is 0.200. The van der Waals surface area contributed by atoms with E-state index in [4.69, 9.17) is 4.74 Å². The van der Waals surface area contributed by atoms with Crippen LogP contribution in [0.5, 0.6) is 5.75 Å². The summed E-state index contributed by atoms with van der Waals surface area (Å²) in [5.74, 6) is -0.0454. The van der Waals surface area contributed by atoms with Crippen molar-refractivity contribution in [3.63, 3.8) is 0 Å². The maximum absolute atomic E-state index is 13.3. The molecule has 0 radical (unpaired) electrons. The average Bonchev–Trinajstić information content (AvgIpc) is 3.47. The predicted molar refractivity (Wildman–Crippen MR) is 113 cm³/mol. The van der Waals surface area contributed by atoms with E-state index in [1.54, 1.807) is 41.2 Å². The second-order valence-electron chi connectivity index (χ2n) is 6.70. The van der Waals surface area contributed by atoms with Crippen molar-refractivity contribution in [3.05, 3.63) is 53.9 Å². The molecule has 3 heterocycles. The lowest BCUT2D eigenvalue weighted by molar-refractivity contribution is -0.143. The van der Waals surface area contributed by atoms with Gasteiger partial charge in [0, 0.05) is 11.1 Å². The summed E-state index contributed by atoms with van der Waals surface area (Å²) in [6.45, 7) is 1.57.